The topological polar surface area (TPSA) is 104 Å². The molecule has 4 N–H and O–H groups in total. The van der Waals surface area contributed by atoms with E-state index in [1.54, 1.807) is 30.0 Å². The molecule has 0 saturated carbocycles. The van der Waals surface area contributed by atoms with Gasteiger partial charge in [-0.05, 0) is 30.7 Å². The molecule has 6 nitrogen and oxygen atoms in total. The standard InChI is InChI=1S/C13H16N2O4/c1-7-4-8(12(14)17)2-3-10(7)15-6-9(16)5-11(15)13(18)19/h2-4,9,11,16H,5-6H2,1H3,(H2,14,17)(H,18,19). The van der Waals surface area contributed by atoms with Gasteiger partial charge in [-0.25, -0.2) is 4.79 Å². The van der Waals surface area contributed by atoms with E-state index in [-0.39, 0.29) is 13.0 Å². The first kappa shape index (κ1) is 13.4. The van der Waals surface area contributed by atoms with E-state index < -0.39 is 24.0 Å². The number of benzene rings is 1. The third kappa shape index (κ3) is 2.53. The van der Waals surface area contributed by atoms with Gasteiger partial charge in [0.25, 0.3) is 0 Å². The zero-order chi connectivity index (χ0) is 14.2. The van der Waals surface area contributed by atoms with Crippen LogP contribution in [-0.2, 0) is 4.79 Å². The number of nitrogens with zero attached hydrogens (tertiary/aromatic N) is 1. The molecule has 1 aromatic rings. The third-order valence-electron chi connectivity index (χ3n) is 3.35. The fraction of sp³-hybridized carbons (Fsp3) is 0.385. The molecule has 0 bridgehead atoms. The van der Waals surface area contributed by atoms with Crippen molar-refractivity contribution in [3.8, 4) is 0 Å². The first-order valence-electron chi connectivity index (χ1n) is 5.98. The van der Waals surface area contributed by atoms with Gasteiger partial charge in [0.2, 0.25) is 5.91 Å². The lowest BCUT2D eigenvalue weighted by Gasteiger charge is -2.25. The van der Waals surface area contributed by atoms with Gasteiger partial charge in [0.05, 0.1) is 6.10 Å². The molecule has 19 heavy (non-hydrogen) atoms. The highest BCUT2D eigenvalue weighted by atomic mass is 16.4. The SMILES string of the molecule is Cc1cc(C(N)=O)ccc1N1CC(O)CC1C(=O)O. The molecular formula is C13H16N2O4. The highest BCUT2D eigenvalue weighted by Crippen LogP contribution is 2.29. The second-order valence-corrected chi connectivity index (χ2v) is 4.76. The number of rotatable bonds is 3. The van der Waals surface area contributed by atoms with Crippen molar-refractivity contribution in [2.75, 3.05) is 11.4 Å². The van der Waals surface area contributed by atoms with Crippen molar-refractivity contribution >= 4 is 17.6 Å². The largest absolute Gasteiger partial charge is 0.480 e. The van der Waals surface area contributed by atoms with E-state index in [1.165, 1.54) is 0 Å². The van der Waals surface area contributed by atoms with Gasteiger partial charge in [-0.1, -0.05) is 0 Å². The molecule has 2 unspecified atom stereocenters. The number of aliphatic carboxylic acids is 1. The van der Waals surface area contributed by atoms with Crippen molar-refractivity contribution in [1.29, 1.82) is 0 Å². The molecule has 0 spiro atoms. The van der Waals surface area contributed by atoms with Gasteiger partial charge in [0.15, 0.2) is 0 Å². The number of nitrogens with two attached hydrogens (primary N) is 1. The molecule has 2 atom stereocenters. The van der Waals surface area contributed by atoms with Gasteiger partial charge in [0.1, 0.15) is 6.04 Å². The maximum absolute atomic E-state index is 11.2. The summed E-state index contributed by atoms with van der Waals surface area (Å²) in [7, 11) is 0. The Morgan fingerprint density at radius 2 is 2.11 bits per heavy atom. The van der Waals surface area contributed by atoms with E-state index >= 15 is 0 Å². The average Bonchev–Trinajstić information content (AvgIpc) is 2.71. The molecule has 1 fully saturated rings. The summed E-state index contributed by atoms with van der Waals surface area (Å²) in [4.78, 5) is 23.9. The van der Waals surface area contributed by atoms with E-state index in [0.717, 1.165) is 5.56 Å². The summed E-state index contributed by atoms with van der Waals surface area (Å²) in [5, 5.41) is 18.8. The van der Waals surface area contributed by atoms with Crippen LogP contribution in [-0.4, -0.2) is 40.8 Å². The number of primary amides is 1. The molecule has 0 radical (unpaired) electrons. The fourth-order valence-electron chi connectivity index (χ4n) is 2.45. The van der Waals surface area contributed by atoms with Gasteiger partial charge in [-0.2, -0.15) is 0 Å². The first-order valence-corrected chi connectivity index (χ1v) is 5.98. The second kappa shape index (κ2) is 4.89. The quantitative estimate of drug-likeness (QED) is 0.719. The van der Waals surface area contributed by atoms with Gasteiger partial charge in [-0.3, -0.25) is 4.79 Å². The number of hydrogen-bond donors (Lipinski definition) is 3. The number of carbonyl (C=O) groups excluding carboxylic acids is 1. The Kier molecular flexibility index (Phi) is 3.44. The molecule has 1 saturated heterocycles. The third-order valence-corrected chi connectivity index (χ3v) is 3.35. The van der Waals surface area contributed by atoms with Crippen molar-refractivity contribution in [1.82, 2.24) is 0 Å². The molecule has 1 aromatic carbocycles. The number of carbonyl (C=O) groups is 2. The van der Waals surface area contributed by atoms with Crippen molar-refractivity contribution in [3.63, 3.8) is 0 Å². The molecule has 1 aliphatic rings. The number of anilines is 1. The van der Waals surface area contributed by atoms with Gasteiger partial charge in [0, 0.05) is 24.2 Å². The molecule has 2 rings (SSSR count). The van der Waals surface area contributed by atoms with Crippen LogP contribution in [0.4, 0.5) is 5.69 Å². The summed E-state index contributed by atoms with van der Waals surface area (Å²) in [5.74, 6) is -1.49. The smallest absolute Gasteiger partial charge is 0.326 e. The van der Waals surface area contributed by atoms with E-state index in [2.05, 4.69) is 0 Å². The minimum Gasteiger partial charge on any atom is -0.480 e. The maximum atomic E-state index is 11.2. The van der Waals surface area contributed by atoms with Crippen LogP contribution < -0.4 is 10.6 Å². The monoisotopic (exact) mass is 264 g/mol. The number of aryl methyl sites for hydroxylation is 1. The van der Waals surface area contributed by atoms with Crippen LogP contribution in [0.2, 0.25) is 0 Å². The zero-order valence-electron chi connectivity index (χ0n) is 10.5. The summed E-state index contributed by atoms with van der Waals surface area (Å²) in [5.41, 5.74) is 7.04. The van der Waals surface area contributed by atoms with E-state index in [4.69, 9.17) is 10.8 Å². The summed E-state index contributed by atoms with van der Waals surface area (Å²) in [6, 6.07) is 4.12. The number of amides is 1. The molecule has 1 amide bonds. The zero-order valence-corrected chi connectivity index (χ0v) is 10.5. The van der Waals surface area contributed by atoms with Crippen molar-refractivity contribution < 1.29 is 19.8 Å². The summed E-state index contributed by atoms with van der Waals surface area (Å²) >= 11 is 0. The van der Waals surface area contributed by atoms with Crippen LogP contribution >= 0.6 is 0 Å². The highest BCUT2D eigenvalue weighted by molar-refractivity contribution is 5.93. The minimum atomic E-state index is -0.963. The number of hydrogen-bond acceptors (Lipinski definition) is 4. The number of aliphatic hydroxyl groups excluding tert-OH is 1. The van der Waals surface area contributed by atoms with Crippen LogP contribution in [0.1, 0.15) is 22.3 Å². The molecule has 1 aliphatic heterocycles. The lowest BCUT2D eigenvalue weighted by molar-refractivity contribution is -0.138. The predicted molar refractivity (Wildman–Crippen MR) is 69.1 cm³/mol. The number of carboxylic acids is 1. The molecule has 1 heterocycles. The van der Waals surface area contributed by atoms with E-state index in [0.29, 0.717) is 11.3 Å². The van der Waals surface area contributed by atoms with E-state index in [1.807, 2.05) is 0 Å². The molecule has 6 heteroatoms. The fourth-order valence-corrected chi connectivity index (χ4v) is 2.45. The maximum Gasteiger partial charge on any atom is 0.326 e. The Balaban J connectivity index is 2.36. The van der Waals surface area contributed by atoms with Crippen LogP contribution in [0.5, 0.6) is 0 Å². The Morgan fingerprint density at radius 1 is 1.42 bits per heavy atom. The normalized spacial score (nSPS) is 22.5. The van der Waals surface area contributed by atoms with Crippen molar-refractivity contribution in [2.45, 2.75) is 25.5 Å². The molecule has 102 valence electrons. The van der Waals surface area contributed by atoms with Crippen molar-refractivity contribution in [3.05, 3.63) is 29.3 Å². The predicted octanol–water partition coefficient (Wildman–Crippen LogP) is 0.118. The summed E-state index contributed by atoms with van der Waals surface area (Å²) in [6.07, 6.45) is -0.455. The number of carboxylic acid groups (broad SMARTS) is 1. The average molecular weight is 264 g/mol. The lowest BCUT2D eigenvalue weighted by atomic mass is 10.1. The Labute approximate surface area is 110 Å². The van der Waals surface area contributed by atoms with Gasteiger partial charge in [-0.15, -0.1) is 0 Å². The van der Waals surface area contributed by atoms with E-state index in [9.17, 15) is 14.7 Å². The minimum absolute atomic E-state index is 0.201. The van der Waals surface area contributed by atoms with Crippen LogP contribution in [0.15, 0.2) is 18.2 Å². The van der Waals surface area contributed by atoms with Crippen LogP contribution in [0.25, 0.3) is 0 Å². The molecular weight excluding hydrogens is 248 g/mol. The Hall–Kier alpha value is -2.08. The Bertz CT molecular complexity index is 529. The second-order valence-electron chi connectivity index (χ2n) is 4.76. The first-order chi connectivity index (χ1) is 8.90. The van der Waals surface area contributed by atoms with Gasteiger partial charge < -0.3 is 20.8 Å². The molecule has 0 aliphatic carbocycles. The van der Waals surface area contributed by atoms with Gasteiger partial charge >= 0.3 is 5.97 Å². The molecule has 0 aromatic heterocycles. The lowest BCUT2D eigenvalue weighted by Crippen LogP contribution is -2.36. The number of aliphatic hydroxyl groups is 1. The number of β-amino-alcohol motifs (C(OH)–C–C–N with tert-alkyl or cyclic N) is 1. The van der Waals surface area contributed by atoms with Crippen molar-refractivity contribution in [2.24, 2.45) is 5.73 Å². The highest BCUT2D eigenvalue weighted by Gasteiger charge is 2.36. The summed E-state index contributed by atoms with van der Waals surface area (Å²) < 4.78 is 0. The van der Waals surface area contributed by atoms with Crippen LogP contribution in [0, 0.1) is 6.92 Å². The van der Waals surface area contributed by atoms with Crippen LogP contribution in [0.3, 0.4) is 0 Å². The summed E-state index contributed by atoms with van der Waals surface area (Å²) in [6.45, 7) is 2.05. The Morgan fingerprint density at radius 3 is 2.63 bits per heavy atom.